The number of benzene rings is 1. The highest BCUT2D eigenvalue weighted by Gasteiger charge is 2.13. The highest BCUT2D eigenvalue weighted by molar-refractivity contribution is 5.95. The monoisotopic (exact) mass is 428 g/mol. The highest BCUT2D eigenvalue weighted by atomic mass is 19.3. The maximum absolute atomic E-state index is 12.3. The van der Waals surface area contributed by atoms with Crippen LogP contribution < -0.4 is 4.74 Å². The van der Waals surface area contributed by atoms with E-state index in [4.69, 9.17) is 9.15 Å². The van der Waals surface area contributed by atoms with Gasteiger partial charge < -0.3 is 13.9 Å². The summed E-state index contributed by atoms with van der Waals surface area (Å²) in [5.41, 5.74) is 2.39. The van der Waals surface area contributed by atoms with Crippen molar-refractivity contribution in [3.8, 4) is 17.2 Å². The Hall–Kier alpha value is -3.55. The minimum absolute atomic E-state index is 0.0260. The maximum atomic E-state index is 12.3. The lowest BCUT2D eigenvalue weighted by Gasteiger charge is -2.04. The fourth-order valence-corrected chi connectivity index (χ4v) is 2.84. The molecule has 0 saturated carbocycles. The normalized spacial score (nSPS) is 12.3. The number of carbonyl (C=O) groups excluding carboxylic acids is 1. The van der Waals surface area contributed by atoms with E-state index < -0.39 is 6.61 Å². The molecule has 4 rings (SSSR count). The second kappa shape index (κ2) is 11.0. The van der Waals surface area contributed by atoms with Gasteiger partial charge in [-0.2, -0.15) is 8.78 Å². The van der Waals surface area contributed by atoms with Gasteiger partial charge in [-0.3, -0.25) is 9.78 Å². The number of aryl methyl sites for hydroxylation is 2. The average molecular weight is 428 g/mol. The first-order valence-corrected chi connectivity index (χ1v) is 9.74. The first kappa shape index (κ1) is 22.1. The Bertz CT molecular complexity index is 1030. The third kappa shape index (κ3) is 6.74. The van der Waals surface area contributed by atoms with Gasteiger partial charge in [0.25, 0.3) is 0 Å². The maximum Gasteiger partial charge on any atom is 0.387 e. The van der Waals surface area contributed by atoms with Crippen LogP contribution >= 0.6 is 0 Å². The Morgan fingerprint density at radius 1 is 1.26 bits per heavy atom. The van der Waals surface area contributed by atoms with E-state index in [1.807, 2.05) is 19.1 Å². The van der Waals surface area contributed by atoms with E-state index in [1.165, 1.54) is 18.4 Å². The number of carbonyl (C=O) groups is 1. The van der Waals surface area contributed by atoms with Crippen LogP contribution in [-0.4, -0.2) is 29.0 Å². The summed E-state index contributed by atoms with van der Waals surface area (Å²) < 4.78 is 39.1. The number of ketones is 1. The molecule has 3 aromatic rings. The molecule has 0 amide bonds. The molecule has 1 aliphatic rings. The summed E-state index contributed by atoms with van der Waals surface area (Å²) in [6.45, 7) is -0.172. The molecule has 31 heavy (non-hydrogen) atoms. The third-order valence-corrected chi connectivity index (χ3v) is 4.33. The number of alkyl halides is 2. The van der Waals surface area contributed by atoms with Crippen molar-refractivity contribution in [3.05, 3.63) is 78.1 Å². The van der Waals surface area contributed by atoms with E-state index in [9.17, 15) is 13.6 Å². The molecule has 0 atom stereocenters. The third-order valence-electron chi connectivity index (χ3n) is 4.33. The number of ether oxygens (including phenoxy) is 2. The number of nitrogens with zero attached hydrogens (tertiary/aromatic N) is 2. The molecule has 162 valence electrons. The molecule has 0 bridgehead atoms. The van der Waals surface area contributed by atoms with Crippen LogP contribution in [0.4, 0.5) is 8.78 Å². The lowest BCUT2D eigenvalue weighted by atomic mass is 10.1. The number of rotatable bonds is 7. The zero-order valence-electron chi connectivity index (χ0n) is 17.0. The topological polar surface area (TPSA) is 74.5 Å². The van der Waals surface area contributed by atoms with Crippen molar-refractivity contribution >= 4 is 5.78 Å². The fourth-order valence-electron chi connectivity index (χ4n) is 2.84. The Balaban J connectivity index is 0.000000478. The van der Waals surface area contributed by atoms with E-state index in [0.29, 0.717) is 23.4 Å². The molecule has 0 unspecified atom stereocenters. The van der Waals surface area contributed by atoms with Gasteiger partial charge in [0.15, 0.2) is 5.78 Å². The second-order valence-corrected chi connectivity index (χ2v) is 6.67. The van der Waals surface area contributed by atoms with Gasteiger partial charge in [0.05, 0.1) is 18.6 Å². The predicted octanol–water partition coefficient (Wildman–Crippen LogP) is 5.38. The largest absolute Gasteiger partial charge is 0.501 e. The van der Waals surface area contributed by atoms with Crippen LogP contribution in [-0.2, 0) is 11.2 Å². The highest BCUT2D eigenvalue weighted by Crippen LogP contribution is 2.24. The first-order chi connectivity index (χ1) is 15.0. The van der Waals surface area contributed by atoms with E-state index >= 15 is 0 Å². The van der Waals surface area contributed by atoms with E-state index in [-0.39, 0.29) is 23.8 Å². The number of aromatic nitrogens is 2. The summed E-state index contributed by atoms with van der Waals surface area (Å²) in [6, 6.07) is 9.71. The number of halogens is 2. The molecule has 2 aromatic heterocycles. The summed E-state index contributed by atoms with van der Waals surface area (Å²) in [4.78, 5) is 20.7. The molecular formula is C23H22F2N2O4. The molecule has 0 aliphatic carbocycles. The van der Waals surface area contributed by atoms with Crippen LogP contribution in [0.15, 0.2) is 65.6 Å². The Kier molecular flexibility index (Phi) is 7.86. The molecule has 0 N–H and O–H groups in total. The van der Waals surface area contributed by atoms with Crippen LogP contribution in [0.25, 0.3) is 11.5 Å². The van der Waals surface area contributed by atoms with E-state index in [0.717, 1.165) is 18.6 Å². The average Bonchev–Trinajstić information content (AvgIpc) is 3.47. The van der Waals surface area contributed by atoms with Crippen LogP contribution in [0.3, 0.4) is 0 Å². The minimum atomic E-state index is -2.90. The summed E-state index contributed by atoms with van der Waals surface area (Å²) in [7, 11) is 0. The number of pyridine rings is 1. The predicted molar refractivity (Wildman–Crippen MR) is 110 cm³/mol. The molecular weight excluding hydrogens is 406 g/mol. The van der Waals surface area contributed by atoms with Crippen LogP contribution in [0.2, 0.25) is 0 Å². The molecule has 6 nitrogen and oxygen atoms in total. The molecule has 3 heterocycles. The SMILES string of the molecule is C1=COCC1.Cc1cccnc1C(=O)CCc1coc(-c2cccc(OC(F)F)c2)n1. The number of hydrogen-bond donors (Lipinski definition) is 0. The van der Waals surface area contributed by atoms with Crippen molar-refractivity contribution in [3.63, 3.8) is 0 Å². The van der Waals surface area contributed by atoms with Crippen LogP contribution in [0.1, 0.15) is 34.6 Å². The van der Waals surface area contributed by atoms with Gasteiger partial charge in [0.1, 0.15) is 17.7 Å². The molecule has 0 saturated heterocycles. The zero-order valence-corrected chi connectivity index (χ0v) is 17.0. The van der Waals surface area contributed by atoms with Gasteiger partial charge >= 0.3 is 6.61 Å². The number of oxazole rings is 1. The fraction of sp³-hybridized carbons (Fsp3) is 0.261. The Labute approximate surface area is 178 Å². The van der Waals surface area contributed by atoms with Gasteiger partial charge in [0.2, 0.25) is 5.89 Å². The lowest BCUT2D eigenvalue weighted by Crippen LogP contribution is -2.06. The molecule has 0 spiro atoms. The lowest BCUT2D eigenvalue weighted by molar-refractivity contribution is -0.0498. The summed E-state index contributed by atoms with van der Waals surface area (Å²) in [5.74, 6) is 0.235. The summed E-state index contributed by atoms with van der Waals surface area (Å²) in [6.07, 6.45) is 8.53. The quantitative estimate of drug-likeness (QED) is 0.470. The van der Waals surface area contributed by atoms with E-state index in [1.54, 1.807) is 30.7 Å². The van der Waals surface area contributed by atoms with Gasteiger partial charge in [-0.15, -0.1) is 0 Å². The Morgan fingerprint density at radius 3 is 2.81 bits per heavy atom. The van der Waals surface area contributed by atoms with Gasteiger partial charge in [0, 0.05) is 31.0 Å². The molecule has 1 aromatic carbocycles. The molecule has 1 aliphatic heterocycles. The van der Waals surface area contributed by atoms with Gasteiger partial charge in [-0.1, -0.05) is 12.1 Å². The zero-order chi connectivity index (χ0) is 22.1. The van der Waals surface area contributed by atoms with Crippen molar-refractivity contribution < 1.29 is 27.5 Å². The van der Waals surface area contributed by atoms with Crippen molar-refractivity contribution in [1.29, 1.82) is 0 Å². The molecule has 0 fully saturated rings. The van der Waals surface area contributed by atoms with Gasteiger partial charge in [-0.05, 0) is 42.8 Å². The van der Waals surface area contributed by atoms with Crippen molar-refractivity contribution in [2.24, 2.45) is 0 Å². The van der Waals surface area contributed by atoms with Crippen LogP contribution in [0, 0.1) is 6.92 Å². The smallest absolute Gasteiger partial charge is 0.387 e. The second-order valence-electron chi connectivity index (χ2n) is 6.67. The molecule has 0 radical (unpaired) electrons. The van der Waals surface area contributed by atoms with E-state index in [2.05, 4.69) is 14.7 Å². The first-order valence-electron chi connectivity index (χ1n) is 9.74. The van der Waals surface area contributed by atoms with Crippen molar-refractivity contribution in [1.82, 2.24) is 9.97 Å². The Morgan fingerprint density at radius 2 is 2.13 bits per heavy atom. The van der Waals surface area contributed by atoms with Crippen LogP contribution in [0.5, 0.6) is 5.75 Å². The standard InChI is InChI=1S/C19H16F2N2O3.C4H6O/c1-12-4-3-9-22-17(12)16(24)8-7-14-11-25-18(23-14)13-5-2-6-15(10-13)26-19(20)21;1-2-4-5-3-1/h2-6,9-11,19H,7-8H2,1H3;1,3H,2,4H2. The van der Waals surface area contributed by atoms with Crippen molar-refractivity contribution in [2.75, 3.05) is 6.61 Å². The summed E-state index contributed by atoms with van der Waals surface area (Å²) >= 11 is 0. The number of Topliss-reactive ketones (excluding diaryl/α,β-unsaturated/α-hetero) is 1. The van der Waals surface area contributed by atoms with Crippen molar-refractivity contribution in [2.45, 2.75) is 32.8 Å². The molecule has 8 heteroatoms. The van der Waals surface area contributed by atoms with Gasteiger partial charge in [-0.25, -0.2) is 4.98 Å². The number of hydrogen-bond acceptors (Lipinski definition) is 6. The minimum Gasteiger partial charge on any atom is -0.501 e. The summed E-state index contributed by atoms with van der Waals surface area (Å²) in [5, 5.41) is 0.